The third kappa shape index (κ3) is 3.84. The van der Waals surface area contributed by atoms with Crippen molar-refractivity contribution in [3.63, 3.8) is 0 Å². The minimum atomic E-state index is -0.0553. The Morgan fingerprint density at radius 1 is 1.00 bits per heavy atom. The average molecular weight is 341 g/mol. The number of anilines is 1. The molecule has 3 atom stereocenters. The number of hydrogen-bond donors (Lipinski definition) is 2. The van der Waals surface area contributed by atoms with E-state index in [1.165, 1.54) is 37.7 Å². The second-order valence-electron chi connectivity index (χ2n) is 8.46. The number of nitrogens with zero attached hydrogens (tertiary/aromatic N) is 1. The highest BCUT2D eigenvalue weighted by molar-refractivity contribution is 5.89. The predicted octanol–water partition coefficient (Wildman–Crippen LogP) is 4.48. The van der Waals surface area contributed by atoms with Crippen LogP contribution in [0.25, 0.3) is 0 Å². The summed E-state index contributed by atoms with van der Waals surface area (Å²) < 4.78 is 0. The monoisotopic (exact) mass is 341 g/mol. The minimum absolute atomic E-state index is 0.0553. The summed E-state index contributed by atoms with van der Waals surface area (Å²) in [6.07, 6.45) is 8.99. The highest BCUT2D eigenvalue weighted by Crippen LogP contribution is 2.41. The third-order valence-corrected chi connectivity index (χ3v) is 6.17. The van der Waals surface area contributed by atoms with E-state index in [-0.39, 0.29) is 6.03 Å². The van der Waals surface area contributed by atoms with E-state index in [0.717, 1.165) is 24.6 Å². The Bertz CT molecular complexity index is 594. The van der Waals surface area contributed by atoms with Gasteiger partial charge in [0, 0.05) is 29.9 Å². The zero-order valence-electron chi connectivity index (χ0n) is 15.5. The molecule has 2 bridgehead atoms. The zero-order valence-corrected chi connectivity index (χ0v) is 15.5. The molecule has 0 aromatic heterocycles. The van der Waals surface area contributed by atoms with Crippen molar-refractivity contribution in [3.8, 4) is 0 Å². The maximum absolute atomic E-state index is 12.4. The Hall–Kier alpha value is -1.55. The van der Waals surface area contributed by atoms with E-state index in [1.54, 1.807) is 0 Å². The van der Waals surface area contributed by atoms with E-state index >= 15 is 0 Å². The number of benzene rings is 1. The van der Waals surface area contributed by atoms with Crippen molar-refractivity contribution in [2.75, 3.05) is 5.32 Å². The molecule has 2 N–H and O–H groups in total. The van der Waals surface area contributed by atoms with Crippen LogP contribution in [0.15, 0.2) is 24.3 Å². The lowest BCUT2D eigenvalue weighted by atomic mass is 9.81. The van der Waals surface area contributed by atoms with Crippen LogP contribution in [0.3, 0.4) is 0 Å². The molecule has 1 aromatic rings. The molecular weight excluding hydrogens is 310 g/mol. The van der Waals surface area contributed by atoms with Crippen molar-refractivity contribution >= 4 is 11.7 Å². The molecule has 1 saturated carbocycles. The summed E-state index contributed by atoms with van der Waals surface area (Å²) in [6, 6.07) is 10.7. The van der Waals surface area contributed by atoms with Crippen LogP contribution in [0.4, 0.5) is 10.5 Å². The van der Waals surface area contributed by atoms with E-state index in [1.807, 2.05) is 12.1 Å². The van der Waals surface area contributed by atoms with Gasteiger partial charge in [0.25, 0.3) is 0 Å². The van der Waals surface area contributed by atoms with Gasteiger partial charge in [-0.05, 0) is 62.1 Å². The van der Waals surface area contributed by atoms with Crippen molar-refractivity contribution in [1.29, 1.82) is 0 Å². The van der Waals surface area contributed by atoms with Gasteiger partial charge in [-0.3, -0.25) is 4.90 Å². The van der Waals surface area contributed by atoms with Crippen LogP contribution in [-0.4, -0.2) is 35.1 Å². The van der Waals surface area contributed by atoms with Gasteiger partial charge >= 0.3 is 6.03 Å². The van der Waals surface area contributed by atoms with Gasteiger partial charge in [-0.25, -0.2) is 4.79 Å². The van der Waals surface area contributed by atoms with Crippen LogP contribution in [0, 0.1) is 0 Å². The summed E-state index contributed by atoms with van der Waals surface area (Å²) in [4.78, 5) is 15.2. The van der Waals surface area contributed by atoms with Crippen molar-refractivity contribution < 1.29 is 4.79 Å². The number of carbonyl (C=O) groups excluding carboxylic acids is 1. The summed E-state index contributed by atoms with van der Waals surface area (Å²) >= 11 is 0. The second kappa shape index (κ2) is 6.99. The van der Waals surface area contributed by atoms with Crippen molar-refractivity contribution in [2.24, 2.45) is 0 Å². The van der Waals surface area contributed by atoms with Crippen molar-refractivity contribution in [2.45, 2.75) is 88.9 Å². The lowest BCUT2D eigenvalue weighted by Crippen LogP contribution is -2.58. The first kappa shape index (κ1) is 16.9. The highest BCUT2D eigenvalue weighted by Gasteiger charge is 2.45. The lowest BCUT2D eigenvalue weighted by Gasteiger charge is -2.49. The fourth-order valence-corrected chi connectivity index (χ4v) is 4.81. The molecule has 3 aliphatic rings. The number of carbonyl (C=O) groups is 1. The number of urea groups is 1. The summed E-state index contributed by atoms with van der Waals surface area (Å²) in [5, 5.41) is 6.24. The Balaban J connectivity index is 1.32. The first-order valence-corrected chi connectivity index (χ1v) is 10.0. The number of piperidine rings is 2. The van der Waals surface area contributed by atoms with E-state index in [9.17, 15) is 4.79 Å². The van der Waals surface area contributed by atoms with Gasteiger partial charge in [-0.1, -0.05) is 32.4 Å². The molecule has 4 rings (SSSR count). The number of nitrogens with one attached hydrogen (secondary N) is 2. The summed E-state index contributed by atoms with van der Waals surface area (Å²) in [5.41, 5.74) is 2.17. The van der Waals surface area contributed by atoms with Crippen LogP contribution in [0.5, 0.6) is 0 Å². The van der Waals surface area contributed by atoms with Gasteiger partial charge in [0.15, 0.2) is 0 Å². The first-order chi connectivity index (χ1) is 12.1. The second-order valence-corrected chi connectivity index (χ2v) is 8.46. The lowest BCUT2D eigenvalue weighted by molar-refractivity contribution is 0.0198. The Labute approximate surface area is 151 Å². The Morgan fingerprint density at radius 3 is 2.20 bits per heavy atom. The number of fused-ring (bicyclic) bond motifs is 2. The smallest absolute Gasteiger partial charge is 0.319 e. The van der Waals surface area contributed by atoms with E-state index in [0.29, 0.717) is 24.0 Å². The van der Waals surface area contributed by atoms with Crippen molar-refractivity contribution in [3.05, 3.63) is 29.8 Å². The first-order valence-electron chi connectivity index (χ1n) is 10.0. The number of rotatable bonds is 4. The van der Waals surface area contributed by atoms with Gasteiger partial charge in [0.2, 0.25) is 0 Å². The Kier molecular flexibility index (Phi) is 4.72. The molecule has 25 heavy (non-hydrogen) atoms. The maximum atomic E-state index is 12.4. The zero-order chi connectivity index (χ0) is 17.4. The van der Waals surface area contributed by atoms with Crippen LogP contribution in [-0.2, 0) is 0 Å². The average Bonchev–Trinajstić information content (AvgIpc) is 3.39. The number of amides is 2. The SMILES string of the molecule is CC(C)c1ccc(NC(=O)NC2C[C@H]3CCC[C@@H](C2)N3C2CC2)cc1. The van der Waals surface area contributed by atoms with Crippen LogP contribution >= 0.6 is 0 Å². The summed E-state index contributed by atoms with van der Waals surface area (Å²) in [5.74, 6) is 0.513. The largest absolute Gasteiger partial charge is 0.335 e. The molecule has 1 unspecified atom stereocenters. The molecule has 4 nitrogen and oxygen atoms in total. The van der Waals surface area contributed by atoms with Gasteiger partial charge in [0.05, 0.1) is 0 Å². The normalized spacial score (nSPS) is 29.5. The predicted molar refractivity (Wildman–Crippen MR) is 102 cm³/mol. The van der Waals surface area contributed by atoms with Crippen LogP contribution in [0.1, 0.15) is 70.3 Å². The molecule has 3 fully saturated rings. The van der Waals surface area contributed by atoms with E-state index in [2.05, 4.69) is 41.5 Å². The molecule has 2 saturated heterocycles. The number of hydrogen-bond acceptors (Lipinski definition) is 2. The fourth-order valence-electron chi connectivity index (χ4n) is 4.81. The van der Waals surface area contributed by atoms with Gasteiger partial charge in [-0.2, -0.15) is 0 Å². The molecule has 0 spiro atoms. The molecule has 0 radical (unpaired) electrons. The topological polar surface area (TPSA) is 44.4 Å². The maximum Gasteiger partial charge on any atom is 0.319 e. The van der Waals surface area contributed by atoms with Crippen LogP contribution in [0.2, 0.25) is 0 Å². The molecule has 2 amide bonds. The molecular formula is C21H31N3O. The highest BCUT2D eigenvalue weighted by atomic mass is 16.2. The van der Waals surface area contributed by atoms with Gasteiger partial charge < -0.3 is 10.6 Å². The standard InChI is InChI=1S/C21H31N3O/c1-14(2)15-6-8-16(9-7-15)22-21(25)23-17-12-19-4-3-5-20(13-17)24(19)18-10-11-18/h6-9,14,17-20H,3-5,10-13H2,1-2H3,(H2,22,23,25)/t17?,19-,20+. The molecule has 1 aliphatic carbocycles. The molecule has 136 valence electrons. The molecule has 4 heteroatoms. The minimum Gasteiger partial charge on any atom is -0.335 e. The van der Waals surface area contributed by atoms with E-state index in [4.69, 9.17) is 0 Å². The molecule has 2 heterocycles. The van der Waals surface area contributed by atoms with E-state index < -0.39 is 0 Å². The van der Waals surface area contributed by atoms with Crippen molar-refractivity contribution in [1.82, 2.24) is 10.2 Å². The van der Waals surface area contributed by atoms with Gasteiger partial charge in [-0.15, -0.1) is 0 Å². The van der Waals surface area contributed by atoms with Gasteiger partial charge in [0.1, 0.15) is 0 Å². The summed E-state index contributed by atoms with van der Waals surface area (Å²) in [7, 11) is 0. The quantitative estimate of drug-likeness (QED) is 0.848. The molecule has 2 aliphatic heterocycles. The molecule has 1 aromatic carbocycles. The summed E-state index contributed by atoms with van der Waals surface area (Å²) in [6.45, 7) is 4.36. The van der Waals surface area contributed by atoms with Crippen LogP contribution < -0.4 is 10.6 Å². The Morgan fingerprint density at radius 2 is 1.64 bits per heavy atom. The fraction of sp³-hybridized carbons (Fsp3) is 0.667. The third-order valence-electron chi connectivity index (χ3n) is 6.17.